The Balaban J connectivity index is 2.23. The van der Waals surface area contributed by atoms with Crippen molar-refractivity contribution in [2.24, 2.45) is 0 Å². The molecule has 0 saturated carbocycles. The molecule has 2 N–H and O–H groups in total. The highest BCUT2D eigenvalue weighted by Gasteiger charge is 2.34. The number of hydrogen-bond donors (Lipinski definition) is 2. The minimum Gasteiger partial charge on any atom is -0.508 e. The highest BCUT2D eigenvalue weighted by molar-refractivity contribution is 5.77. The number of carbonyl (C=O) groups excluding carboxylic acids is 1. The first-order chi connectivity index (χ1) is 7.72. The first-order valence-corrected chi connectivity index (χ1v) is 5.32. The second-order valence-electron chi connectivity index (χ2n) is 3.95. The van der Waals surface area contributed by atoms with Crippen LogP contribution in [0.4, 0.5) is 0 Å². The van der Waals surface area contributed by atoms with Crippen molar-refractivity contribution in [1.29, 1.82) is 0 Å². The molecule has 2 unspecified atom stereocenters. The molecule has 86 valence electrons. The van der Waals surface area contributed by atoms with Gasteiger partial charge in [0.2, 0.25) is 0 Å². The molecule has 0 aromatic heterocycles. The summed E-state index contributed by atoms with van der Waals surface area (Å²) in [6.07, 6.45) is 0.878. The molecular weight excluding hydrogens is 206 g/mol. The summed E-state index contributed by atoms with van der Waals surface area (Å²) in [4.78, 5) is 11.5. The Labute approximate surface area is 94.2 Å². The zero-order chi connectivity index (χ0) is 11.5. The van der Waals surface area contributed by atoms with Gasteiger partial charge in [-0.3, -0.25) is 4.79 Å². The fraction of sp³-hybridized carbons (Fsp3) is 0.417. The molecule has 1 aromatic carbocycles. The van der Waals surface area contributed by atoms with Crippen molar-refractivity contribution in [3.63, 3.8) is 0 Å². The predicted octanol–water partition coefficient (Wildman–Crippen LogP) is 1.01. The summed E-state index contributed by atoms with van der Waals surface area (Å²) in [6, 6.07) is 6.74. The first-order valence-electron chi connectivity index (χ1n) is 5.32. The van der Waals surface area contributed by atoms with Gasteiger partial charge in [-0.15, -0.1) is 0 Å². The van der Waals surface area contributed by atoms with E-state index in [0.717, 1.165) is 18.5 Å². The van der Waals surface area contributed by atoms with Crippen LogP contribution in [0.2, 0.25) is 0 Å². The van der Waals surface area contributed by atoms with E-state index < -0.39 is 0 Å². The van der Waals surface area contributed by atoms with Gasteiger partial charge in [0.05, 0.1) is 7.11 Å². The van der Waals surface area contributed by atoms with Crippen LogP contribution in [0.5, 0.6) is 5.75 Å². The molecule has 1 saturated heterocycles. The Morgan fingerprint density at radius 3 is 3.06 bits per heavy atom. The number of phenolic OH excluding ortho intramolecular Hbond substituents is 1. The van der Waals surface area contributed by atoms with Crippen molar-refractivity contribution in [2.45, 2.75) is 18.4 Å². The number of benzene rings is 1. The molecule has 1 heterocycles. The Bertz CT molecular complexity index is 392. The van der Waals surface area contributed by atoms with Crippen molar-refractivity contribution in [3.8, 4) is 5.75 Å². The van der Waals surface area contributed by atoms with Crippen LogP contribution in [0.15, 0.2) is 24.3 Å². The van der Waals surface area contributed by atoms with E-state index in [0.29, 0.717) is 0 Å². The maximum atomic E-state index is 11.5. The molecular formula is C12H15NO3. The topological polar surface area (TPSA) is 58.6 Å². The van der Waals surface area contributed by atoms with Crippen LogP contribution in [-0.4, -0.2) is 30.8 Å². The standard InChI is InChI=1S/C12H15NO3/c1-16-12(15)11-10(5-6-13-11)8-3-2-4-9(14)7-8/h2-4,7,10-11,13-14H,5-6H2,1H3. The van der Waals surface area contributed by atoms with Crippen LogP contribution in [0.3, 0.4) is 0 Å². The maximum absolute atomic E-state index is 11.5. The number of ether oxygens (including phenoxy) is 1. The fourth-order valence-corrected chi connectivity index (χ4v) is 2.19. The molecule has 0 amide bonds. The number of rotatable bonds is 2. The van der Waals surface area contributed by atoms with E-state index in [-0.39, 0.29) is 23.7 Å². The summed E-state index contributed by atoms with van der Waals surface area (Å²) in [5, 5.41) is 12.5. The summed E-state index contributed by atoms with van der Waals surface area (Å²) in [7, 11) is 1.39. The highest BCUT2D eigenvalue weighted by atomic mass is 16.5. The Hall–Kier alpha value is -1.55. The largest absolute Gasteiger partial charge is 0.508 e. The number of aromatic hydroxyl groups is 1. The zero-order valence-corrected chi connectivity index (χ0v) is 9.14. The van der Waals surface area contributed by atoms with Crippen LogP contribution in [0, 0.1) is 0 Å². The van der Waals surface area contributed by atoms with Crippen molar-refractivity contribution in [3.05, 3.63) is 29.8 Å². The van der Waals surface area contributed by atoms with Crippen LogP contribution >= 0.6 is 0 Å². The minimum atomic E-state index is -0.299. The fourth-order valence-electron chi connectivity index (χ4n) is 2.19. The van der Waals surface area contributed by atoms with Gasteiger partial charge in [0.25, 0.3) is 0 Å². The van der Waals surface area contributed by atoms with Crippen molar-refractivity contribution in [1.82, 2.24) is 5.32 Å². The molecule has 0 radical (unpaired) electrons. The summed E-state index contributed by atoms with van der Waals surface area (Å²) in [5.74, 6) is 0.0680. The van der Waals surface area contributed by atoms with E-state index in [1.807, 2.05) is 6.07 Å². The van der Waals surface area contributed by atoms with E-state index >= 15 is 0 Å². The van der Waals surface area contributed by atoms with Crippen molar-refractivity contribution in [2.75, 3.05) is 13.7 Å². The lowest BCUT2D eigenvalue weighted by atomic mass is 9.92. The quantitative estimate of drug-likeness (QED) is 0.732. The molecule has 0 aliphatic carbocycles. The van der Waals surface area contributed by atoms with Crippen LogP contribution < -0.4 is 5.32 Å². The summed E-state index contributed by atoms with van der Waals surface area (Å²) >= 11 is 0. The van der Waals surface area contributed by atoms with Gasteiger partial charge in [-0.05, 0) is 30.7 Å². The van der Waals surface area contributed by atoms with Gasteiger partial charge >= 0.3 is 5.97 Å². The van der Waals surface area contributed by atoms with E-state index in [4.69, 9.17) is 4.74 Å². The second kappa shape index (κ2) is 4.53. The summed E-state index contributed by atoms with van der Waals surface area (Å²) < 4.78 is 4.75. The monoisotopic (exact) mass is 221 g/mol. The third-order valence-corrected chi connectivity index (χ3v) is 2.98. The molecule has 1 aliphatic rings. The lowest BCUT2D eigenvalue weighted by Crippen LogP contribution is -2.35. The number of methoxy groups -OCH3 is 1. The number of nitrogens with one attached hydrogen (secondary N) is 1. The lowest BCUT2D eigenvalue weighted by molar-refractivity contribution is -0.143. The van der Waals surface area contributed by atoms with Gasteiger partial charge in [0.1, 0.15) is 11.8 Å². The number of carbonyl (C=O) groups is 1. The molecule has 1 aromatic rings. The first kappa shape index (κ1) is 11.0. The molecule has 2 rings (SSSR count). The molecule has 1 aliphatic heterocycles. The lowest BCUT2D eigenvalue weighted by Gasteiger charge is -2.17. The SMILES string of the molecule is COC(=O)C1NCCC1c1cccc(O)c1. The smallest absolute Gasteiger partial charge is 0.323 e. The molecule has 4 nitrogen and oxygen atoms in total. The van der Waals surface area contributed by atoms with Gasteiger partial charge in [0, 0.05) is 5.92 Å². The third-order valence-electron chi connectivity index (χ3n) is 2.98. The van der Waals surface area contributed by atoms with Crippen molar-refractivity contribution < 1.29 is 14.6 Å². The number of phenols is 1. The van der Waals surface area contributed by atoms with Gasteiger partial charge in [0.15, 0.2) is 0 Å². The summed E-state index contributed by atoms with van der Waals surface area (Å²) in [6.45, 7) is 0.792. The van der Waals surface area contributed by atoms with Crippen LogP contribution in [-0.2, 0) is 9.53 Å². The Kier molecular flexibility index (Phi) is 3.10. The Morgan fingerprint density at radius 2 is 2.38 bits per heavy atom. The molecule has 4 heteroatoms. The second-order valence-corrected chi connectivity index (χ2v) is 3.95. The predicted molar refractivity (Wildman–Crippen MR) is 59.3 cm³/mol. The van der Waals surface area contributed by atoms with Crippen LogP contribution in [0.1, 0.15) is 17.9 Å². The molecule has 1 fully saturated rings. The minimum absolute atomic E-state index is 0.0829. The zero-order valence-electron chi connectivity index (χ0n) is 9.14. The molecule has 0 bridgehead atoms. The van der Waals surface area contributed by atoms with Crippen molar-refractivity contribution >= 4 is 5.97 Å². The van der Waals surface area contributed by atoms with Gasteiger partial charge in [-0.25, -0.2) is 0 Å². The average molecular weight is 221 g/mol. The normalized spacial score (nSPS) is 24.3. The average Bonchev–Trinajstić information content (AvgIpc) is 2.77. The highest BCUT2D eigenvalue weighted by Crippen LogP contribution is 2.30. The van der Waals surface area contributed by atoms with E-state index in [9.17, 15) is 9.90 Å². The molecule has 16 heavy (non-hydrogen) atoms. The van der Waals surface area contributed by atoms with E-state index in [2.05, 4.69) is 5.32 Å². The van der Waals surface area contributed by atoms with Gasteiger partial charge in [-0.2, -0.15) is 0 Å². The third kappa shape index (κ3) is 2.02. The summed E-state index contributed by atoms with van der Waals surface area (Å²) in [5.41, 5.74) is 0.973. The number of hydrogen-bond acceptors (Lipinski definition) is 4. The maximum Gasteiger partial charge on any atom is 0.323 e. The Morgan fingerprint density at radius 1 is 1.56 bits per heavy atom. The van der Waals surface area contributed by atoms with Crippen LogP contribution in [0.25, 0.3) is 0 Å². The molecule has 2 atom stereocenters. The van der Waals surface area contributed by atoms with E-state index in [1.54, 1.807) is 18.2 Å². The van der Waals surface area contributed by atoms with Gasteiger partial charge in [-0.1, -0.05) is 12.1 Å². The van der Waals surface area contributed by atoms with Gasteiger partial charge < -0.3 is 15.2 Å². The van der Waals surface area contributed by atoms with E-state index in [1.165, 1.54) is 7.11 Å². The number of esters is 1. The molecule has 0 spiro atoms.